The summed E-state index contributed by atoms with van der Waals surface area (Å²) in [5.74, 6) is 0.485. The fourth-order valence-electron chi connectivity index (χ4n) is 3.67. The summed E-state index contributed by atoms with van der Waals surface area (Å²) in [5.41, 5.74) is 1.13. The first kappa shape index (κ1) is 20.9. The summed E-state index contributed by atoms with van der Waals surface area (Å²) in [6.07, 6.45) is 4.56. The molecular formula is C20H36N4O2. The van der Waals surface area contributed by atoms with Crippen molar-refractivity contribution in [3.63, 3.8) is 0 Å². The molecule has 1 N–H and O–H groups in total. The van der Waals surface area contributed by atoms with Gasteiger partial charge in [0, 0.05) is 49.8 Å². The number of carbonyl (C=O) groups excluding carboxylic acids is 1. The van der Waals surface area contributed by atoms with Crippen LogP contribution in [0, 0.1) is 11.3 Å². The maximum Gasteiger partial charge on any atom is 0.223 e. The Hall–Kier alpha value is -1.40. The van der Waals surface area contributed by atoms with E-state index in [9.17, 15) is 4.79 Å². The maximum atomic E-state index is 12.8. The van der Waals surface area contributed by atoms with Gasteiger partial charge in [-0.05, 0) is 26.2 Å². The average Bonchev–Trinajstić information content (AvgIpc) is 3.07. The Morgan fingerprint density at radius 2 is 1.96 bits per heavy atom. The molecule has 0 unspecified atom stereocenters. The van der Waals surface area contributed by atoms with Crippen molar-refractivity contribution in [3.05, 3.63) is 18.0 Å². The lowest BCUT2D eigenvalue weighted by molar-refractivity contribution is -0.133. The van der Waals surface area contributed by atoms with Gasteiger partial charge in [0.25, 0.3) is 0 Å². The summed E-state index contributed by atoms with van der Waals surface area (Å²) in [6.45, 7) is 16.1. The van der Waals surface area contributed by atoms with Gasteiger partial charge in [-0.25, -0.2) is 0 Å². The molecule has 1 aliphatic rings. The minimum absolute atomic E-state index is 0.0614. The molecule has 1 aromatic heterocycles. The monoisotopic (exact) mass is 364 g/mol. The maximum absolute atomic E-state index is 12.8. The van der Waals surface area contributed by atoms with Gasteiger partial charge in [0.2, 0.25) is 5.91 Å². The van der Waals surface area contributed by atoms with Crippen LogP contribution in [-0.2, 0) is 16.1 Å². The first-order valence-corrected chi connectivity index (χ1v) is 9.57. The predicted molar refractivity (Wildman–Crippen MR) is 104 cm³/mol. The number of nitrogens with zero attached hydrogens (tertiary/aromatic N) is 3. The number of hydrogen-bond acceptors (Lipinski definition) is 4. The smallest absolute Gasteiger partial charge is 0.223 e. The summed E-state index contributed by atoms with van der Waals surface area (Å²) in [5, 5.41) is 8.05. The third-order valence-corrected chi connectivity index (χ3v) is 4.73. The van der Waals surface area contributed by atoms with Crippen molar-refractivity contribution < 1.29 is 9.53 Å². The van der Waals surface area contributed by atoms with Crippen LogP contribution in [0.1, 0.15) is 59.6 Å². The molecule has 1 amide bonds. The minimum atomic E-state index is -0.213. The van der Waals surface area contributed by atoms with Crippen LogP contribution in [0.3, 0.4) is 0 Å². The molecule has 0 radical (unpaired) electrons. The molecule has 0 aliphatic carbocycles. The summed E-state index contributed by atoms with van der Waals surface area (Å²) >= 11 is 0. The van der Waals surface area contributed by atoms with E-state index in [-0.39, 0.29) is 28.8 Å². The fraction of sp³-hybridized carbons (Fsp3) is 0.800. The van der Waals surface area contributed by atoms with E-state index in [1.54, 1.807) is 7.11 Å². The Bertz CT molecular complexity index is 598. The zero-order valence-electron chi connectivity index (χ0n) is 17.5. The van der Waals surface area contributed by atoms with Gasteiger partial charge >= 0.3 is 0 Å². The first-order valence-electron chi connectivity index (χ1n) is 9.57. The molecule has 0 aromatic carbocycles. The van der Waals surface area contributed by atoms with E-state index in [1.165, 1.54) is 0 Å². The molecule has 148 valence electrons. The molecule has 26 heavy (non-hydrogen) atoms. The van der Waals surface area contributed by atoms with Crippen LogP contribution in [0.4, 0.5) is 0 Å². The quantitative estimate of drug-likeness (QED) is 0.808. The van der Waals surface area contributed by atoms with E-state index < -0.39 is 0 Å². The third-order valence-electron chi connectivity index (χ3n) is 4.73. The molecule has 0 bridgehead atoms. The number of hydrogen-bond donors (Lipinski definition) is 1. The van der Waals surface area contributed by atoms with Gasteiger partial charge < -0.3 is 15.0 Å². The minimum Gasteiger partial charge on any atom is -0.383 e. The Morgan fingerprint density at radius 1 is 1.27 bits per heavy atom. The molecule has 1 aromatic rings. The van der Waals surface area contributed by atoms with Gasteiger partial charge in [-0.2, -0.15) is 5.10 Å². The second-order valence-corrected chi connectivity index (χ2v) is 9.56. The van der Waals surface area contributed by atoms with E-state index in [1.807, 2.05) is 15.8 Å². The van der Waals surface area contributed by atoms with E-state index in [2.05, 4.69) is 58.2 Å². The van der Waals surface area contributed by atoms with Crippen molar-refractivity contribution in [2.45, 2.75) is 66.1 Å². The molecule has 0 saturated carbocycles. The van der Waals surface area contributed by atoms with Gasteiger partial charge in [-0.3, -0.25) is 9.48 Å². The number of rotatable bonds is 7. The molecule has 6 nitrogen and oxygen atoms in total. The van der Waals surface area contributed by atoms with Gasteiger partial charge in [0.1, 0.15) is 0 Å². The highest BCUT2D eigenvalue weighted by Gasteiger charge is 2.45. The lowest BCUT2D eigenvalue weighted by atomic mass is 9.92. The highest BCUT2D eigenvalue weighted by atomic mass is 16.5. The SMILES string of the molecule is COCCn1cc([C@H]2[C@H](CNCC(C)(C)C)CC(=O)N2C(C)(C)C)cn1. The van der Waals surface area contributed by atoms with Crippen LogP contribution in [-0.4, -0.2) is 52.9 Å². The molecule has 1 saturated heterocycles. The van der Waals surface area contributed by atoms with Gasteiger partial charge in [0.05, 0.1) is 25.4 Å². The Balaban J connectivity index is 2.21. The Morgan fingerprint density at radius 3 is 2.54 bits per heavy atom. The average molecular weight is 365 g/mol. The van der Waals surface area contributed by atoms with Gasteiger partial charge in [-0.15, -0.1) is 0 Å². The second-order valence-electron chi connectivity index (χ2n) is 9.56. The van der Waals surface area contributed by atoms with Crippen molar-refractivity contribution in [1.82, 2.24) is 20.0 Å². The fourth-order valence-corrected chi connectivity index (χ4v) is 3.67. The number of amides is 1. The normalized spacial score (nSPS) is 21.7. The van der Waals surface area contributed by atoms with Crippen molar-refractivity contribution in [2.24, 2.45) is 11.3 Å². The summed E-state index contributed by atoms with van der Waals surface area (Å²) in [7, 11) is 1.69. The van der Waals surface area contributed by atoms with Gasteiger partial charge in [-0.1, -0.05) is 20.8 Å². The summed E-state index contributed by atoms with van der Waals surface area (Å²) < 4.78 is 7.05. The number of carbonyl (C=O) groups is 1. The number of aromatic nitrogens is 2. The molecule has 2 rings (SSSR count). The molecule has 2 atom stereocenters. The van der Waals surface area contributed by atoms with Gasteiger partial charge in [0.15, 0.2) is 0 Å². The number of methoxy groups -OCH3 is 1. The predicted octanol–water partition coefficient (Wildman–Crippen LogP) is 2.85. The zero-order chi connectivity index (χ0) is 19.5. The Kier molecular flexibility index (Phi) is 6.51. The largest absolute Gasteiger partial charge is 0.383 e. The summed E-state index contributed by atoms with van der Waals surface area (Å²) in [4.78, 5) is 14.9. The van der Waals surface area contributed by atoms with Crippen LogP contribution < -0.4 is 5.32 Å². The highest BCUT2D eigenvalue weighted by molar-refractivity contribution is 5.80. The van der Waals surface area contributed by atoms with E-state index in [0.717, 1.165) is 25.2 Å². The van der Waals surface area contributed by atoms with Crippen LogP contribution in [0.15, 0.2) is 12.4 Å². The zero-order valence-corrected chi connectivity index (χ0v) is 17.5. The molecule has 2 heterocycles. The first-order chi connectivity index (χ1) is 12.0. The Labute approximate surface area is 158 Å². The van der Waals surface area contributed by atoms with Crippen molar-refractivity contribution in [3.8, 4) is 0 Å². The number of nitrogens with one attached hydrogen (secondary N) is 1. The molecule has 1 aliphatic heterocycles. The van der Waals surface area contributed by atoms with E-state index in [4.69, 9.17) is 4.74 Å². The van der Waals surface area contributed by atoms with Crippen molar-refractivity contribution in [2.75, 3.05) is 26.8 Å². The second kappa shape index (κ2) is 8.09. The molecule has 6 heteroatoms. The van der Waals surface area contributed by atoms with E-state index >= 15 is 0 Å². The standard InChI is InChI=1S/C20H36N4O2/c1-19(2,3)14-21-11-15-10-17(25)24(20(4,5)6)18(15)16-12-22-23(13-16)8-9-26-7/h12-13,15,18,21H,8-11,14H2,1-7H3/t15-,18+/m0/s1. The van der Waals surface area contributed by atoms with Crippen molar-refractivity contribution >= 4 is 5.91 Å². The van der Waals surface area contributed by atoms with Crippen LogP contribution >= 0.6 is 0 Å². The topological polar surface area (TPSA) is 59.4 Å². The lowest BCUT2D eigenvalue weighted by Gasteiger charge is -2.38. The van der Waals surface area contributed by atoms with Crippen LogP contribution in [0.2, 0.25) is 0 Å². The molecule has 1 fully saturated rings. The van der Waals surface area contributed by atoms with Crippen LogP contribution in [0.25, 0.3) is 0 Å². The molecular weight excluding hydrogens is 328 g/mol. The highest BCUT2D eigenvalue weighted by Crippen LogP contribution is 2.42. The lowest BCUT2D eigenvalue weighted by Crippen LogP contribution is -2.44. The van der Waals surface area contributed by atoms with Crippen molar-refractivity contribution in [1.29, 1.82) is 0 Å². The van der Waals surface area contributed by atoms with E-state index in [0.29, 0.717) is 13.0 Å². The number of likely N-dealkylation sites (tertiary alicyclic amines) is 1. The number of ether oxygens (including phenoxy) is 1. The summed E-state index contributed by atoms with van der Waals surface area (Å²) in [6, 6.07) is 0.0614. The third kappa shape index (κ3) is 5.30. The molecule has 0 spiro atoms. The van der Waals surface area contributed by atoms with Crippen LogP contribution in [0.5, 0.6) is 0 Å².